The topological polar surface area (TPSA) is 46.3 Å². The second-order valence-corrected chi connectivity index (χ2v) is 8.20. The number of nitrogens with zero attached hydrogens (tertiary/aromatic N) is 5. The molecule has 1 aromatic carbocycles. The van der Waals surface area contributed by atoms with Gasteiger partial charge in [-0.25, -0.2) is 13.9 Å². The molecule has 0 amide bonds. The SMILES string of the molecule is Cc1cn2nc(-c3cc(F)cc4ccc(C5CCN(C)CC5)nc34)cc(C)c2n1. The zero-order chi connectivity index (χ0) is 20.1. The van der Waals surface area contributed by atoms with Gasteiger partial charge in [-0.1, -0.05) is 6.07 Å². The molecule has 0 spiro atoms. The lowest BCUT2D eigenvalue weighted by Gasteiger charge is -2.28. The van der Waals surface area contributed by atoms with Crippen LogP contribution in [0.5, 0.6) is 0 Å². The van der Waals surface area contributed by atoms with E-state index in [4.69, 9.17) is 10.1 Å². The lowest BCUT2D eigenvalue weighted by molar-refractivity contribution is 0.253. The van der Waals surface area contributed by atoms with E-state index in [0.717, 1.165) is 65.0 Å². The van der Waals surface area contributed by atoms with E-state index < -0.39 is 0 Å². The molecule has 0 radical (unpaired) electrons. The van der Waals surface area contributed by atoms with Crippen molar-refractivity contribution in [1.82, 2.24) is 24.5 Å². The number of halogens is 1. The van der Waals surface area contributed by atoms with Crippen molar-refractivity contribution >= 4 is 16.6 Å². The zero-order valence-corrected chi connectivity index (χ0v) is 17.0. The third-order valence-electron chi connectivity index (χ3n) is 5.92. The molecular weight excluding hydrogens is 365 g/mol. The number of hydrogen-bond donors (Lipinski definition) is 0. The number of aryl methyl sites for hydroxylation is 2. The highest BCUT2D eigenvalue weighted by atomic mass is 19.1. The Balaban J connectivity index is 1.67. The van der Waals surface area contributed by atoms with Crippen molar-refractivity contribution in [2.24, 2.45) is 0 Å². The molecule has 1 saturated heterocycles. The Hall–Kier alpha value is -2.86. The molecule has 29 heavy (non-hydrogen) atoms. The number of imidazole rings is 1. The van der Waals surface area contributed by atoms with Crippen molar-refractivity contribution in [2.45, 2.75) is 32.6 Å². The van der Waals surface area contributed by atoms with E-state index in [2.05, 4.69) is 23.0 Å². The van der Waals surface area contributed by atoms with Crippen LogP contribution in [-0.4, -0.2) is 44.6 Å². The summed E-state index contributed by atoms with van der Waals surface area (Å²) in [5.74, 6) is 0.171. The fourth-order valence-corrected chi connectivity index (χ4v) is 4.32. The summed E-state index contributed by atoms with van der Waals surface area (Å²) >= 11 is 0. The molecule has 4 aromatic rings. The Bertz CT molecular complexity index is 1220. The van der Waals surface area contributed by atoms with Crippen molar-refractivity contribution in [3.05, 3.63) is 59.3 Å². The smallest absolute Gasteiger partial charge is 0.156 e. The van der Waals surface area contributed by atoms with E-state index in [1.54, 1.807) is 16.6 Å². The number of hydrogen-bond acceptors (Lipinski definition) is 4. The minimum atomic E-state index is -0.275. The maximum Gasteiger partial charge on any atom is 0.156 e. The molecule has 0 N–H and O–H groups in total. The molecule has 0 unspecified atom stereocenters. The Morgan fingerprint density at radius 1 is 1.03 bits per heavy atom. The minimum absolute atomic E-state index is 0.275. The maximum absolute atomic E-state index is 14.4. The van der Waals surface area contributed by atoms with Gasteiger partial charge in [0.2, 0.25) is 0 Å². The van der Waals surface area contributed by atoms with Crippen molar-refractivity contribution in [2.75, 3.05) is 20.1 Å². The van der Waals surface area contributed by atoms with Crippen LogP contribution in [0.4, 0.5) is 4.39 Å². The van der Waals surface area contributed by atoms with Gasteiger partial charge in [0.1, 0.15) is 5.82 Å². The lowest BCUT2D eigenvalue weighted by atomic mass is 9.92. The molecule has 1 fully saturated rings. The molecule has 5 rings (SSSR count). The van der Waals surface area contributed by atoms with Crippen LogP contribution in [0.3, 0.4) is 0 Å². The van der Waals surface area contributed by atoms with Crippen LogP contribution in [0.15, 0.2) is 36.5 Å². The predicted octanol–water partition coefficient (Wildman–Crippen LogP) is 4.51. The van der Waals surface area contributed by atoms with Gasteiger partial charge in [0.15, 0.2) is 5.65 Å². The van der Waals surface area contributed by atoms with Gasteiger partial charge in [0.25, 0.3) is 0 Å². The number of pyridine rings is 1. The first-order chi connectivity index (χ1) is 14.0. The number of piperidine rings is 1. The van der Waals surface area contributed by atoms with E-state index >= 15 is 0 Å². The van der Waals surface area contributed by atoms with Crippen molar-refractivity contribution in [3.8, 4) is 11.3 Å². The number of rotatable bonds is 2. The molecule has 0 bridgehead atoms. The van der Waals surface area contributed by atoms with E-state index in [0.29, 0.717) is 11.6 Å². The fraction of sp³-hybridized carbons (Fsp3) is 0.348. The van der Waals surface area contributed by atoms with Gasteiger partial charge in [0.05, 0.1) is 23.1 Å². The molecular formula is C23H24FN5. The van der Waals surface area contributed by atoms with Crippen LogP contribution in [0, 0.1) is 19.7 Å². The van der Waals surface area contributed by atoms with Gasteiger partial charge < -0.3 is 4.90 Å². The Kier molecular flexibility index (Phi) is 4.32. The van der Waals surface area contributed by atoms with Gasteiger partial charge >= 0.3 is 0 Å². The third-order valence-corrected chi connectivity index (χ3v) is 5.92. The van der Waals surface area contributed by atoms with Gasteiger partial charge in [0, 0.05) is 22.6 Å². The van der Waals surface area contributed by atoms with Crippen LogP contribution in [0.25, 0.3) is 27.8 Å². The van der Waals surface area contributed by atoms with Crippen molar-refractivity contribution in [3.63, 3.8) is 0 Å². The van der Waals surface area contributed by atoms with Gasteiger partial charge in [-0.2, -0.15) is 5.10 Å². The highest BCUT2D eigenvalue weighted by Crippen LogP contribution is 2.32. The number of benzene rings is 1. The van der Waals surface area contributed by atoms with Crippen LogP contribution >= 0.6 is 0 Å². The van der Waals surface area contributed by atoms with E-state index in [1.807, 2.05) is 32.2 Å². The monoisotopic (exact) mass is 389 g/mol. The maximum atomic E-state index is 14.4. The second-order valence-electron chi connectivity index (χ2n) is 8.20. The third kappa shape index (κ3) is 3.27. The molecule has 0 saturated carbocycles. The summed E-state index contributed by atoms with van der Waals surface area (Å²) in [5, 5.41) is 5.52. The highest BCUT2D eigenvalue weighted by Gasteiger charge is 2.21. The molecule has 1 aliphatic heterocycles. The normalized spacial score (nSPS) is 16.1. The van der Waals surface area contributed by atoms with E-state index in [-0.39, 0.29) is 5.82 Å². The molecule has 148 valence electrons. The minimum Gasteiger partial charge on any atom is -0.306 e. The predicted molar refractivity (Wildman–Crippen MR) is 113 cm³/mol. The van der Waals surface area contributed by atoms with E-state index in [9.17, 15) is 4.39 Å². The average molecular weight is 389 g/mol. The summed E-state index contributed by atoms with van der Waals surface area (Å²) < 4.78 is 16.2. The lowest BCUT2D eigenvalue weighted by Crippen LogP contribution is -2.29. The highest BCUT2D eigenvalue weighted by molar-refractivity contribution is 5.93. The molecule has 1 aliphatic rings. The van der Waals surface area contributed by atoms with Crippen LogP contribution in [0.2, 0.25) is 0 Å². The van der Waals surface area contributed by atoms with Crippen LogP contribution in [-0.2, 0) is 0 Å². The Morgan fingerprint density at radius 3 is 2.62 bits per heavy atom. The quantitative estimate of drug-likeness (QED) is 0.506. The van der Waals surface area contributed by atoms with Crippen LogP contribution < -0.4 is 0 Å². The Labute approximate surface area is 169 Å². The molecule has 4 heterocycles. The van der Waals surface area contributed by atoms with Crippen LogP contribution in [0.1, 0.15) is 35.7 Å². The average Bonchev–Trinajstić information content (AvgIpc) is 3.08. The largest absolute Gasteiger partial charge is 0.306 e. The number of fused-ring (bicyclic) bond motifs is 2. The van der Waals surface area contributed by atoms with Gasteiger partial charge in [-0.3, -0.25) is 4.98 Å². The van der Waals surface area contributed by atoms with Gasteiger partial charge in [-0.15, -0.1) is 0 Å². The standard InChI is InChI=1S/C23H24FN5/c1-14-10-21(27-29-13-15(2)25-23(14)29)19-12-18(24)11-17-4-5-20(26-22(17)19)16-6-8-28(3)9-7-16/h4-5,10-13,16H,6-9H2,1-3H3. The number of aromatic nitrogens is 4. The molecule has 6 heteroatoms. The molecule has 3 aromatic heterocycles. The van der Waals surface area contributed by atoms with Crippen molar-refractivity contribution in [1.29, 1.82) is 0 Å². The number of likely N-dealkylation sites (tertiary alicyclic amines) is 1. The van der Waals surface area contributed by atoms with Crippen molar-refractivity contribution < 1.29 is 4.39 Å². The first kappa shape index (κ1) is 18.2. The molecule has 0 aliphatic carbocycles. The zero-order valence-electron chi connectivity index (χ0n) is 17.0. The molecule has 5 nitrogen and oxygen atoms in total. The first-order valence-corrected chi connectivity index (χ1v) is 10.1. The second kappa shape index (κ2) is 6.88. The fourth-order valence-electron chi connectivity index (χ4n) is 4.32. The summed E-state index contributed by atoms with van der Waals surface area (Å²) in [4.78, 5) is 11.9. The first-order valence-electron chi connectivity index (χ1n) is 10.1. The summed E-state index contributed by atoms with van der Waals surface area (Å²) in [6.07, 6.45) is 4.09. The summed E-state index contributed by atoms with van der Waals surface area (Å²) in [7, 11) is 2.16. The molecule has 0 atom stereocenters. The Morgan fingerprint density at radius 2 is 1.83 bits per heavy atom. The summed E-state index contributed by atoms with van der Waals surface area (Å²) in [6.45, 7) is 6.11. The van der Waals surface area contributed by atoms with Gasteiger partial charge in [-0.05, 0) is 76.7 Å². The summed E-state index contributed by atoms with van der Waals surface area (Å²) in [6, 6.07) is 9.13. The van der Waals surface area contributed by atoms with E-state index in [1.165, 1.54) is 0 Å². The summed E-state index contributed by atoms with van der Waals surface area (Å²) in [5.41, 5.74) is 6.08.